The van der Waals surface area contributed by atoms with E-state index in [1.165, 1.54) is 5.56 Å². The van der Waals surface area contributed by atoms with E-state index >= 15 is 0 Å². The summed E-state index contributed by atoms with van der Waals surface area (Å²) in [5.41, 5.74) is 1.76. The molecule has 2 aromatic carbocycles. The second kappa shape index (κ2) is 7.16. The van der Waals surface area contributed by atoms with Gasteiger partial charge in [0.25, 0.3) is 0 Å². The molecule has 0 aliphatic carbocycles. The monoisotopic (exact) mass is 326 g/mol. The molecule has 0 amide bonds. The average Bonchev–Trinajstić information content (AvgIpc) is 2.64. The molecule has 1 fully saturated rings. The van der Waals surface area contributed by atoms with Gasteiger partial charge in [-0.15, -0.1) is 0 Å². The summed E-state index contributed by atoms with van der Waals surface area (Å²) in [5, 5.41) is 0. The van der Waals surface area contributed by atoms with Crippen molar-refractivity contribution in [3.8, 4) is 0 Å². The molecule has 24 heavy (non-hydrogen) atoms. The molecule has 0 aromatic heterocycles. The third-order valence-electron chi connectivity index (χ3n) is 4.95. The number of hydrogen-bond donors (Lipinski definition) is 0. The standard InChI is InChI=1S/C20H24NO3/c1-16-19(17-9-5-3-6-10-17)23-14-13-21(16,2)15-24-20(22)18-11-7-4-8-12-18/h3-12,16,19H,13-15H2,1-2H3/q+1. The third-order valence-corrected chi connectivity index (χ3v) is 4.95. The van der Waals surface area contributed by atoms with Crippen LogP contribution in [0.25, 0.3) is 0 Å². The smallest absolute Gasteiger partial charge is 0.342 e. The summed E-state index contributed by atoms with van der Waals surface area (Å²) >= 11 is 0. The van der Waals surface area contributed by atoms with Crippen molar-refractivity contribution in [2.75, 3.05) is 26.9 Å². The summed E-state index contributed by atoms with van der Waals surface area (Å²) in [5.74, 6) is -0.273. The molecule has 3 rings (SSSR count). The minimum absolute atomic E-state index is 0.0142. The topological polar surface area (TPSA) is 35.5 Å². The summed E-state index contributed by atoms with van der Waals surface area (Å²) in [6.45, 7) is 3.99. The maximum atomic E-state index is 12.2. The highest BCUT2D eigenvalue weighted by Crippen LogP contribution is 2.32. The second-order valence-corrected chi connectivity index (χ2v) is 6.57. The molecule has 3 unspecified atom stereocenters. The van der Waals surface area contributed by atoms with Gasteiger partial charge in [-0.05, 0) is 24.6 Å². The first-order chi connectivity index (χ1) is 11.6. The number of morpholine rings is 1. The zero-order chi connectivity index (χ0) is 17.0. The van der Waals surface area contributed by atoms with Crippen molar-refractivity contribution in [2.24, 2.45) is 0 Å². The quantitative estimate of drug-likeness (QED) is 0.638. The van der Waals surface area contributed by atoms with Crippen LogP contribution in [0, 0.1) is 0 Å². The molecular weight excluding hydrogens is 302 g/mol. The van der Waals surface area contributed by atoms with Gasteiger partial charge in [0.15, 0.2) is 0 Å². The number of nitrogens with zero attached hydrogens (tertiary/aromatic N) is 1. The van der Waals surface area contributed by atoms with Gasteiger partial charge >= 0.3 is 5.97 Å². The lowest BCUT2D eigenvalue weighted by Crippen LogP contribution is -2.59. The van der Waals surface area contributed by atoms with E-state index in [-0.39, 0.29) is 18.1 Å². The van der Waals surface area contributed by atoms with Crippen molar-refractivity contribution in [1.29, 1.82) is 0 Å². The van der Waals surface area contributed by atoms with E-state index in [9.17, 15) is 4.79 Å². The summed E-state index contributed by atoms with van der Waals surface area (Å²) < 4.78 is 12.3. The number of carbonyl (C=O) groups is 1. The predicted molar refractivity (Wildman–Crippen MR) is 92.4 cm³/mol. The summed E-state index contributed by atoms with van der Waals surface area (Å²) in [7, 11) is 2.13. The Kier molecular flexibility index (Phi) is 4.97. The maximum Gasteiger partial charge on any atom is 0.342 e. The molecule has 1 saturated heterocycles. The van der Waals surface area contributed by atoms with Gasteiger partial charge in [-0.25, -0.2) is 4.79 Å². The highest BCUT2D eigenvalue weighted by molar-refractivity contribution is 5.89. The highest BCUT2D eigenvalue weighted by atomic mass is 16.6. The Bertz CT molecular complexity index is 674. The first-order valence-electron chi connectivity index (χ1n) is 8.33. The second-order valence-electron chi connectivity index (χ2n) is 6.57. The average molecular weight is 326 g/mol. The molecule has 0 radical (unpaired) electrons. The summed E-state index contributed by atoms with van der Waals surface area (Å²) in [6, 6.07) is 19.6. The lowest BCUT2D eigenvalue weighted by molar-refractivity contribution is -0.958. The molecule has 0 spiro atoms. The molecule has 3 atom stereocenters. The fraction of sp³-hybridized carbons (Fsp3) is 0.350. The molecule has 1 aliphatic rings. The van der Waals surface area contributed by atoms with Crippen LogP contribution >= 0.6 is 0 Å². The van der Waals surface area contributed by atoms with Crippen LogP contribution in [0.3, 0.4) is 0 Å². The van der Waals surface area contributed by atoms with Crippen LogP contribution in [0.15, 0.2) is 60.7 Å². The largest absolute Gasteiger partial charge is 0.411 e. The number of likely N-dealkylation sites (N-methyl/N-ethyl adjacent to an activating group) is 1. The molecule has 4 nitrogen and oxygen atoms in total. The zero-order valence-electron chi connectivity index (χ0n) is 14.2. The fourth-order valence-electron chi connectivity index (χ4n) is 3.12. The number of quaternary nitrogens is 1. The number of hydrogen-bond acceptors (Lipinski definition) is 3. The van der Waals surface area contributed by atoms with Crippen LogP contribution in [0.1, 0.15) is 28.9 Å². The minimum Gasteiger partial charge on any atom is -0.411 e. The molecule has 0 N–H and O–H groups in total. The molecule has 4 heteroatoms. The van der Waals surface area contributed by atoms with E-state index < -0.39 is 0 Å². The Morgan fingerprint density at radius 2 is 1.75 bits per heavy atom. The molecule has 1 heterocycles. The number of rotatable bonds is 4. The number of esters is 1. The van der Waals surface area contributed by atoms with Crippen LogP contribution < -0.4 is 0 Å². The Labute approximate surface area is 143 Å². The maximum absolute atomic E-state index is 12.2. The van der Waals surface area contributed by atoms with Crippen molar-refractivity contribution < 1.29 is 18.8 Å². The lowest BCUT2D eigenvalue weighted by Gasteiger charge is -2.45. The Balaban J connectivity index is 1.69. The van der Waals surface area contributed by atoms with Crippen LogP contribution in [-0.2, 0) is 9.47 Å². The Hall–Kier alpha value is -2.17. The van der Waals surface area contributed by atoms with Gasteiger partial charge in [0.1, 0.15) is 18.7 Å². The Morgan fingerprint density at radius 1 is 1.12 bits per heavy atom. The molecule has 1 aliphatic heterocycles. The van der Waals surface area contributed by atoms with E-state index in [0.29, 0.717) is 23.4 Å². The summed E-state index contributed by atoms with van der Waals surface area (Å²) in [6.07, 6.45) is 0.0142. The molecular formula is C20H24NO3+. The van der Waals surface area contributed by atoms with Gasteiger partial charge in [-0.2, -0.15) is 0 Å². The molecule has 0 saturated carbocycles. The fourth-order valence-corrected chi connectivity index (χ4v) is 3.12. The number of benzene rings is 2. The van der Waals surface area contributed by atoms with Crippen LogP contribution in [-0.4, -0.2) is 43.4 Å². The number of carbonyl (C=O) groups excluding carboxylic acids is 1. The van der Waals surface area contributed by atoms with E-state index in [0.717, 1.165) is 6.54 Å². The first kappa shape index (κ1) is 16.7. The minimum atomic E-state index is -0.273. The third kappa shape index (κ3) is 3.50. The van der Waals surface area contributed by atoms with Crippen molar-refractivity contribution in [3.05, 3.63) is 71.8 Å². The van der Waals surface area contributed by atoms with E-state index in [2.05, 4.69) is 26.1 Å². The molecule has 126 valence electrons. The van der Waals surface area contributed by atoms with Gasteiger partial charge in [-0.3, -0.25) is 4.48 Å². The Morgan fingerprint density at radius 3 is 2.42 bits per heavy atom. The van der Waals surface area contributed by atoms with Crippen molar-refractivity contribution >= 4 is 5.97 Å². The molecule has 0 bridgehead atoms. The number of ether oxygens (including phenoxy) is 2. The van der Waals surface area contributed by atoms with Crippen molar-refractivity contribution in [2.45, 2.75) is 19.1 Å². The van der Waals surface area contributed by atoms with Gasteiger partial charge in [0.2, 0.25) is 6.73 Å². The van der Waals surface area contributed by atoms with Crippen LogP contribution in [0.4, 0.5) is 0 Å². The SMILES string of the molecule is CC1C(c2ccccc2)OCC[N+]1(C)COC(=O)c1ccccc1. The van der Waals surface area contributed by atoms with Gasteiger partial charge < -0.3 is 9.47 Å². The van der Waals surface area contributed by atoms with Gasteiger partial charge in [0, 0.05) is 0 Å². The summed E-state index contributed by atoms with van der Waals surface area (Å²) in [4.78, 5) is 12.2. The van der Waals surface area contributed by atoms with E-state index in [1.54, 1.807) is 12.1 Å². The van der Waals surface area contributed by atoms with Gasteiger partial charge in [-0.1, -0.05) is 48.5 Å². The predicted octanol–water partition coefficient (Wildman–Crippen LogP) is 3.41. The van der Waals surface area contributed by atoms with E-state index in [1.807, 2.05) is 36.4 Å². The van der Waals surface area contributed by atoms with Crippen LogP contribution in [0.5, 0.6) is 0 Å². The lowest BCUT2D eigenvalue weighted by atomic mass is 9.99. The van der Waals surface area contributed by atoms with Crippen molar-refractivity contribution in [1.82, 2.24) is 0 Å². The van der Waals surface area contributed by atoms with Crippen molar-refractivity contribution in [3.63, 3.8) is 0 Å². The highest BCUT2D eigenvalue weighted by Gasteiger charge is 2.41. The van der Waals surface area contributed by atoms with Crippen LogP contribution in [0.2, 0.25) is 0 Å². The van der Waals surface area contributed by atoms with E-state index in [4.69, 9.17) is 9.47 Å². The molecule has 2 aromatic rings. The normalized spacial score (nSPS) is 26.8. The first-order valence-corrected chi connectivity index (χ1v) is 8.33. The van der Waals surface area contributed by atoms with Gasteiger partial charge in [0.05, 0.1) is 19.2 Å². The zero-order valence-corrected chi connectivity index (χ0v) is 14.2.